The molecule has 0 fully saturated rings. The Kier molecular flexibility index (Phi) is 4.87. The second-order valence-corrected chi connectivity index (χ2v) is 6.99. The van der Waals surface area contributed by atoms with Crippen molar-refractivity contribution in [1.82, 2.24) is 4.72 Å². The van der Waals surface area contributed by atoms with Gasteiger partial charge in [-0.25, -0.2) is 17.9 Å². The van der Waals surface area contributed by atoms with Crippen molar-refractivity contribution in [3.05, 3.63) is 35.4 Å². The minimum Gasteiger partial charge on any atom is -0.495 e. The third-order valence-corrected chi connectivity index (χ3v) is 5.11. The Labute approximate surface area is 129 Å². The van der Waals surface area contributed by atoms with Gasteiger partial charge in [0.2, 0.25) is 10.0 Å². The average molecular weight is 325 g/mol. The van der Waals surface area contributed by atoms with Crippen molar-refractivity contribution in [2.45, 2.75) is 37.1 Å². The fourth-order valence-electron chi connectivity index (χ4n) is 2.49. The van der Waals surface area contributed by atoms with Gasteiger partial charge in [0.05, 0.1) is 12.7 Å². The summed E-state index contributed by atoms with van der Waals surface area (Å²) in [6, 6.07) is 3.46. The number of ether oxygens (including phenoxy) is 1. The molecule has 2 rings (SSSR count). The van der Waals surface area contributed by atoms with Gasteiger partial charge in [-0.15, -0.1) is 0 Å². The van der Waals surface area contributed by atoms with Crippen LogP contribution < -0.4 is 9.46 Å². The predicted octanol–water partition coefficient (Wildman–Crippen LogP) is 2.17. The molecule has 0 amide bonds. The largest absolute Gasteiger partial charge is 0.495 e. The van der Waals surface area contributed by atoms with E-state index in [-0.39, 0.29) is 22.3 Å². The number of hydrogen-bond acceptors (Lipinski definition) is 4. The van der Waals surface area contributed by atoms with E-state index in [0.29, 0.717) is 0 Å². The van der Waals surface area contributed by atoms with Crippen LogP contribution in [-0.4, -0.2) is 32.6 Å². The topological polar surface area (TPSA) is 92.7 Å². The van der Waals surface area contributed by atoms with E-state index in [1.807, 2.05) is 13.0 Å². The molecule has 1 aliphatic rings. The SMILES string of the molecule is COc1cc(C(=O)O)ccc1S(=O)(=O)NC1C=C(C)CCC1. The van der Waals surface area contributed by atoms with Crippen LogP contribution in [0.1, 0.15) is 36.5 Å². The highest BCUT2D eigenvalue weighted by Gasteiger charge is 2.24. The van der Waals surface area contributed by atoms with Crippen LogP contribution in [-0.2, 0) is 10.0 Å². The van der Waals surface area contributed by atoms with E-state index >= 15 is 0 Å². The minimum atomic E-state index is -3.78. The number of aromatic carboxylic acids is 1. The average Bonchev–Trinajstić information content (AvgIpc) is 2.46. The number of rotatable bonds is 5. The van der Waals surface area contributed by atoms with Crippen molar-refractivity contribution < 1.29 is 23.1 Å². The molecule has 0 saturated heterocycles. The van der Waals surface area contributed by atoms with Crippen LogP contribution in [0.2, 0.25) is 0 Å². The Bertz CT molecular complexity index is 709. The number of allylic oxidation sites excluding steroid dienone is 1. The summed E-state index contributed by atoms with van der Waals surface area (Å²) >= 11 is 0. The Hall–Kier alpha value is -1.86. The van der Waals surface area contributed by atoms with Crippen molar-refractivity contribution in [1.29, 1.82) is 0 Å². The van der Waals surface area contributed by atoms with Gasteiger partial charge in [-0.05, 0) is 44.4 Å². The number of hydrogen-bond donors (Lipinski definition) is 2. The Morgan fingerprint density at radius 3 is 2.73 bits per heavy atom. The summed E-state index contributed by atoms with van der Waals surface area (Å²) in [6.07, 6.45) is 4.57. The lowest BCUT2D eigenvalue weighted by atomic mass is 9.98. The maximum absolute atomic E-state index is 12.5. The lowest BCUT2D eigenvalue weighted by Crippen LogP contribution is -2.35. The lowest BCUT2D eigenvalue weighted by molar-refractivity contribution is 0.0696. The quantitative estimate of drug-likeness (QED) is 0.809. The molecular weight excluding hydrogens is 306 g/mol. The van der Waals surface area contributed by atoms with Crippen LogP contribution in [0.25, 0.3) is 0 Å². The van der Waals surface area contributed by atoms with Crippen molar-refractivity contribution in [3.8, 4) is 5.75 Å². The number of carboxylic acids is 1. The molecule has 22 heavy (non-hydrogen) atoms. The molecule has 0 bridgehead atoms. The molecule has 0 spiro atoms. The van der Waals surface area contributed by atoms with E-state index in [2.05, 4.69) is 4.72 Å². The predicted molar refractivity (Wildman–Crippen MR) is 81.7 cm³/mol. The fourth-order valence-corrected chi connectivity index (χ4v) is 3.86. The molecule has 1 atom stereocenters. The second-order valence-electron chi connectivity index (χ2n) is 5.30. The van der Waals surface area contributed by atoms with Crippen molar-refractivity contribution in [2.75, 3.05) is 7.11 Å². The highest BCUT2D eigenvalue weighted by atomic mass is 32.2. The van der Waals surface area contributed by atoms with Gasteiger partial charge < -0.3 is 9.84 Å². The molecule has 120 valence electrons. The molecule has 7 heteroatoms. The molecule has 0 aliphatic heterocycles. The van der Waals surface area contributed by atoms with E-state index in [4.69, 9.17) is 9.84 Å². The van der Waals surface area contributed by atoms with Gasteiger partial charge in [0.15, 0.2) is 0 Å². The number of nitrogens with one attached hydrogen (secondary N) is 1. The summed E-state index contributed by atoms with van der Waals surface area (Å²) in [4.78, 5) is 10.9. The van der Waals surface area contributed by atoms with Gasteiger partial charge in [0, 0.05) is 6.04 Å². The van der Waals surface area contributed by atoms with Crippen LogP contribution in [0.15, 0.2) is 34.7 Å². The summed E-state index contributed by atoms with van der Waals surface area (Å²) in [5.41, 5.74) is 1.14. The molecule has 2 N–H and O–H groups in total. The monoisotopic (exact) mass is 325 g/mol. The molecule has 0 radical (unpaired) electrons. The van der Waals surface area contributed by atoms with Crippen molar-refractivity contribution in [3.63, 3.8) is 0 Å². The maximum Gasteiger partial charge on any atom is 0.335 e. The molecule has 1 aromatic rings. The number of benzene rings is 1. The van der Waals surface area contributed by atoms with E-state index in [9.17, 15) is 13.2 Å². The second kappa shape index (κ2) is 6.50. The molecule has 0 saturated carbocycles. The minimum absolute atomic E-state index is 0.0175. The van der Waals surface area contributed by atoms with Gasteiger partial charge >= 0.3 is 5.97 Å². The highest BCUT2D eigenvalue weighted by molar-refractivity contribution is 7.89. The Morgan fingerprint density at radius 1 is 1.41 bits per heavy atom. The summed E-state index contributed by atoms with van der Waals surface area (Å²) < 4.78 is 32.7. The first kappa shape index (κ1) is 16.5. The smallest absolute Gasteiger partial charge is 0.335 e. The Morgan fingerprint density at radius 2 is 2.14 bits per heavy atom. The zero-order chi connectivity index (χ0) is 16.3. The third kappa shape index (κ3) is 3.66. The maximum atomic E-state index is 12.5. The normalized spacial score (nSPS) is 18.6. The number of carbonyl (C=O) groups is 1. The van der Waals surface area contributed by atoms with E-state index in [0.717, 1.165) is 24.8 Å². The van der Waals surface area contributed by atoms with Gasteiger partial charge in [-0.1, -0.05) is 11.6 Å². The van der Waals surface area contributed by atoms with Gasteiger partial charge in [0.25, 0.3) is 0 Å². The first-order valence-corrected chi connectivity index (χ1v) is 8.43. The number of carboxylic acid groups (broad SMARTS) is 1. The molecular formula is C15H19NO5S. The van der Waals surface area contributed by atoms with E-state index in [1.54, 1.807) is 0 Å². The standard InChI is InChI=1S/C15H19NO5S/c1-10-4-3-5-12(8-10)16-22(19,20)14-7-6-11(15(17)18)9-13(14)21-2/h6-9,12,16H,3-5H2,1-2H3,(H,17,18). The van der Waals surface area contributed by atoms with Crippen LogP contribution in [0, 0.1) is 0 Å². The van der Waals surface area contributed by atoms with Gasteiger partial charge in [-0.3, -0.25) is 0 Å². The van der Waals surface area contributed by atoms with E-state index in [1.165, 1.54) is 25.3 Å². The van der Waals surface area contributed by atoms with Gasteiger partial charge in [0.1, 0.15) is 10.6 Å². The lowest BCUT2D eigenvalue weighted by Gasteiger charge is -2.21. The number of sulfonamides is 1. The molecule has 0 aromatic heterocycles. The van der Waals surface area contributed by atoms with Crippen molar-refractivity contribution >= 4 is 16.0 Å². The summed E-state index contributed by atoms with van der Waals surface area (Å²) in [5, 5.41) is 8.96. The van der Waals surface area contributed by atoms with Gasteiger partial charge in [-0.2, -0.15) is 0 Å². The molecule has 1 unspecified atom stereocenters. The van der Waals surface area contributed by atoms with Crippen LogP contribution >= 0.6 is 0 Å². The third-order valence-electron chi connectivity index (χ3n) is 3.58. The summed E-state index contributed by atoms with van der Waals surface area (Å²) in [5.74, 6) is -1.12. The first-order chi connectivity index (χ1) is 10.3. The summed E-state index contributed by atoms with van der Waals surface area (Å²) in [6.45, 7) is 1.97. The zero-order valence-electron chi connectivity index (χ0n) is 12.5. The molecule has 0 heterocycles. The molecule has 6 nitrogen and oxygen atoms in total. The van der Waals surface area contributed by atoms with Crippen LogP contribution in [0.4, 0.5) is 0 Å². The van der Waals surface area contributed by atoms with Crippen molar-refractivity contribution in [2.24, 2.45) is 0 Å². The van der Waals surface area contributed by atoms with E-state index < -0.39 is 16.0 Å². The van der Waals surface area contributed by atoms with Crippen LogP contribution in [0.3, 0.4) is 0 Å². The fraction of sp³-hybridized carbons (Fsp3) is 0.400. The highest BCUT2D eigenvalue weighted by Crippen LogP contribution is 2.26. The molecule has 1 aliphatic carbocycles. The zero-order valence-corrected chi connectivity index (χ0v) is 13.3. The van der Waals surface area contributed by atoms with Crippen LogP contribution in [0.5, 0.6) is 5.75 Å². The Balaban J connectivity index is 2.33. The summed E-state index contributed by atoms with van der Waals surface area (Å²) in [7, 11) is -2.47. The molecule has 1 aromatic carbocycles. The number of methoxy groups -OCH3 is 1. The first-order valence-electron chi connectivity index (χ1n) is 6.94.